The zero-order valence-electron chi connectivity index (χ0n) is 11.7. The van der Waals surface area contributed by atoms with Crippen LogP contribution < -0.4 is 0 Å². The lowest BCUT2D eigenvalue weighted by molar-refractivity contribution is 0.0742. The van der Waals surface area contributed by atoms with Crippen molar-refractivity contribution < 1.29 is 9.32 Å². The minimum Gasteiger partial charge on any atom is -0.351 e. The van der Waals surface area contributed by atoms with E-state index < -0.39 is 0 Å². The highest BCUT2D eigenvalue weighted by atomic mass is 16.5. The summed E-state index contributed by atoms with van der Waals surface area (Å²) in [7, 11) is 0. The number of piperidine rings is 1. The van der Waals surface area contributed by atoms with E-state index in [9.17, 15) is 4.79 Å². The van der Waals surface area contributed by atoms with Gasteiger partial charge in [0.2, 0.25) is 5.76 Å². The number of carbonyl (C=O) groups excluding carboxylic acids is 1. The Morgan fingerprint density at radius 3 is 2.85 bits per heavy atom. The number of fused-ring (bicyclic) bond motifs is 1. The van der Waals surface area contributed by atoms with E-state index in [2.05, 4.69) is 10.1 Å². The zero-order valence-corrected chi connectivity index (χ0v) is 11.7. The van der Waals surface area contributed by atoms with Gasteiger partial charge in [0.25, 0.3) is 5.91 Å². The van der Waals surface area contributed by atoms with Crippen LogP contribution in [0.1, 0.15) is 29.8 Å². The Balaban J connectivity index is 1.38. The van der Waals surface area contributed by atoms with Crippen molar-refractivity contribution in [2.75, 3.05) is 32.7 Å². The highest BCUT2D eigenvalue weighted by Gasteiger charge is 2.40. The first-order valence-corrected chi connectivity index (χ1v) is 7.72. The molecule has 0 radical (unpaired) electrons. The first kappa shape index (κ1) is 12.4. The monoisotopic (exact) mass is 275 g/mol. The Bertz CT molecular complexity index is 483. The second-order valence-electron chi connectivity index (χ2n) is 6.60. The first-order valence-electron chi connectivity index (χ1n) is 7.72. The van der Waals surface area contributed by atoms with Gasteiger partial charge in [-0.3, -0.25) is 4.79 Å². The molecule has 0 spiro atoms. The number of amides is 1. The Labute approximate surface area is 118 Å². The first-order chi connectivity index (χ1) is 9.79. The molecule has 1 aliphatic carbocycles. The molecule has 5 heteroatoms. The van der Waals surface area contributed by atoms with E-state index in [0.717, 1.165) is 19.0 Å². The smallest absolute Gasteiger partial charge is 0.292 e. The number of hydrogen-bond acceptors (Lipinski definition) is 4. The maximum absolute atomic E-state index is 12.3. The predicted octanol–water partition coefficient (Wildman–Crippen LogP) is 1.48. The predicted molar refractivity (Wildman–Crippen MR) is 73.2 cm³/mol. The third-order valence-electron chi connectivity index (χ3n) is 5.03. The molecule has 108 valence electrons. The van der Waals surface area contributed by atoms with Crippen molar-refractivity contribution in [3.63, 3.8) is 0 Å². The minimum atomic E-state index is 0.00522. The second-order valence-corrected chi connectivity index (χ2v) is 6.60. The second kappa shape index (κ2) is 4.88. The Morgan fingerprint density at radius 1 is 1.25 bits per heavy atom. The van der Waals surface area contributed by atoms with Gasteiger partial charge >= 0.3 is 0 Å². The van der Waals surface area contributed by atoms with Crippen LogP contribution in [0.3, 0.4) is 0 Å². The number of hydrogen-bond donors (Lipinski definition) is 0. The molecule has 0 bridgehead atoms. The van der Waals surface area contributed by atoms with Crippen LogP contribution in [0, 0.1) is 17.8 Å². The van der Waals surface area contributed by atoms with Crippen molar-refractivity contribution in [1.82, 2.24) is 15.0 Å². The topological polar surface area (TPSA) is 49.6 Å². The fourth-order valence-corrected chi connectivity index (χ4v) is 3.72. The summed E-state index contributed by atoms with van der Waals surface area (Å²) >= 11 is 0. The average Bonchev–Trinajstić information content (AvgIpc) is 2.96. The summed E-state index contributed by atoms with van der Waals surface area (Å²) in [5, 5.41) is 3.63. The molecule has 2 aliphatic heterocycles. The maximum Gasteiger partial charge on any atom is 0.292 e. The van der Waals surface area contributed by atoms with Gasteiger partial charge in [-0.2, -0.15) is 0 Å². The minimum absolute atomic E-state index is 0.00522. The molecule has 0 unspecified atom stereocenters. The van der Waals surface area contributed by atoms with Crippen molar-refractivity contribution in [3.05, 3.63) is 18.0 Å². The van der Waals surface area contributed by atoms with Gasteiger partial charge in [0.05, 0.1) is 6.20 Å². The van der Waals surface area contributed by atoms with Gasteiger partial charge in [-0.15, -0.1) is 0 Å². The summed E-state index contributed by atoms with van der Waals surface area (Å²) in [4.78, 5) is 16.9. The van der Waals surface area contributed by atoms with Gasteiger partial charge in [0.1, 0.15) is 0 Å². The number of likely N-dealkylation sites (tertiary alicyclic amines) is 2. The molecule has 2 atom stereocenters. The number of nitrogens with zero attached hydrogens (tertiary/aromatic N) is 3. The lowest BCUT2D eigenvalue weighted by Gasteiger charge is -2.34. The van der Waals surface area contributed by atoms with Crippen LogP contribution in [0.4, 0.5) is 0 Å². The fraction of sp³-hybridized carbons (Fsp3) is 0.733. The summed E-state index contributed by atoms with van der Waals surface area (Å²) in [5.74, 6) is 2.66. The van der Waals surface area contributed by atoms with E-state index in [-0.39, 0.29) is 5.91 Å². The largest absolute Gasteiger partial charge is 0.351 e. The van der Waals surface area contributed by atoms with Crippen LogP contribution in [0.15, 0.2) is 16.8 Å². The van der Waals surface area contributed by atoms with Crippen LogP contribution in [0.2, 0.25) is 0 Å². The normalized spacial score (nSPS) is 30.5. The van der Waals surface area contributed by atoms with Crippen LogP contribution in [0.5, 0.6) is 0 Å². The Hall–Kier alpha value is -1.36. The number of rotatable bonds is 3. The van der Waals surface area contributed by atoms with Crippen molar-refractivity contribution in [1.29, 1.82) is 0 Å². The van der Waals surface area contributed by atoms with Gasteiger partial charge < -0.3 is 14.3 Å². The van der Waals surface area contributed by atoms with Gasteiger partial charge in [0.15, 0.2) is 0 Å². The molecule has 20 heavy (non-hydrogen) atoms. The molecule has 3 heterocycles. The van der Waals surface area contributed by atoms with Gasteiger partial charge in [-0.1, -0.05) is 5.16 Å². The molecule has 5 nitrogen and oxygen atoms in total. The molecule has 1 aromatic rings. The molecule has 0 N–H and O–H groups in total. The number of aromatic nitrogens is 1. The molecule has 1 saturated carbocycles. The summed E-state index contributed by atoms with van der Waals surface area (Å²) in [6, 6.07) is 1.66. The Morgan fingerprint density at radius 2 is 2.10 bits per heavy atom. The molecule has 3 fully saturated rings. The standard InChI is InChI=1S/C15H21N3O2/c19-15(14-3-5-16-20-14)18-9-12-4-6-17(7-11-1-2-11)8-13(12)10-18/h3,5,11-13H,1-2,4,6-10H2/t12-,13-/m1/s1. The highest BCUT2D eigenvalue weighted by molar-refractivity contribution is 5.91. The van der Waals surface area contributed by atoms with Gasteiger partial charge in [0, 0.05) is 32.2 Å². The highest BCUT2D eigenvalue weighted by Crippen LogP contribution is 2.35. The van der Waals surface area contributed by atoms with E-state index in [1.54, 1.807) is 6.07 Å². The molecule has 3 aliphatic rings. The average molecular weight is 275 g/mol. The van der Waals surface area contributed by atoms with Crippen LogP contribution in [-0.2, 0) is 0 Å². The zero-order chi connectivity index (χ0) is 13.5. The fourth-order valence-electron chi connectivity index (χ4n) is 3.72. The molecular weight excluding hydrogens is 254 g/mol. The quantitative estimate of drug-likeness (QED) is 0.838. The van der Waals surface area contributed by atoms with E-state index >= 15 is 0 Å². The lowest BCUT2D eigenvalue weighted by Crippen LogP contribution is -2.40. The third kappa shape index (κ3) is 2.35. The van der Waals surface area contributed by atoms with Crippen molar-refractivity contribution in [2.45, 2.75) is 19.3 Å². The molecule has 4 rings (SSSR count). The SMILES string of the molecule is O=C(c1ccno1)N1C[C@H]2CCN(CC3CC3)C[C@@H]2C1. The Kier molecular flexibility index (Phi) is 3.02. The van der Waals surface area contributed by atoms with Crippen molar-refractivity contribution in [2.24, 2.45) is 17.8 Å². The summed E-state index contributed by atoms with van der Waals surface area (Å²) in [5.41, 5.74) is 0. The molecular formula is C15H21N3O2. The lowest BCUT2D eigenvalue weighted by atomic mass is 9.88. The van der Waals surface area contributed by atoms with Gasteiger partial charge in [-0.05, 0) is 43.6 Å². The van der Waals surface area contributed by atoms with E-state index in [4.69, 9.17) is 4.52 Å². The van der Waals surface area contributed by atoms with Gasteiger partial charge in [-0.25, -0.2) is 0 Å². The number of carbonyl (C=O) groups is 1. The van der Waals surface area contributed by atoms with Crippen LogP contribution in [0.25, 0.3) is 0 Å². The summed E-state index contributed by atoms with van der Waals surface area (Å²) < 4.78 is 4.99. The van der Waals surface area contributed by atoms with Crippen LogP contribution >= 0.6 is 0 Å². The van der Waals surface area contributed by atoms with E-state index in [1.165, 1.54) is 45.1 Å². The molecule has 0 aromatic carbocycles. The van der Waals surface area contributed by atoms with E-state index in [1.807, 2.05) is 4.90 Å². The van der Waals surface area contributed by atoms with E-state index in [0.29, 0.717) is 17.6 Å². The molecule has 1 aromatic heterocycles. The maximum atomic E-state index is 12.3. The van der Waals surface area contributed by atoms with Crippen LogP contribution in [-0.4, -0.2) is 53.6 Å². The van der Waals surface area contributed by atoms with Crippen molar-refractivity contribution in [3.8, 4) is 0 Å². The third-order valence-corrected chi connectivity index (χ3v) is 5.03. The van der Waals surface area contributed by atoms with Crippen molar-refractivity contribution >= 4 is 5.91 Å². The molecule has 2 saturated heterocycles. The summed E-state index contributed by atoms with van der Waals surface area (Å²) in [6.45, 7) is 5.43. The molecule has 1 amide bonds. The summed E-state index contributed by atoms with van der Waals surface area (Å²) in [6.07, 6.45) is 5.60.